The van der Waals surface area contributed by atoms with E-state index in [4.69, 9.17) is 9.47 Å². The molecule has 1 aliphatic rings. The van der Waals surface area contributed by atoms with Gasteiger partial charge in [-0.1, -0.05) is 6.07 Å². The average molecular weight is 229 g/mol. The van der Waals surface area contributed by atoms with Gasteiger partial charge in [-0.15, -0.1) is 0 Å². The van der Waals surface area contributed by atoms with Crippen LogP contribution in [-0.4, -0.2) is 24.3 Å². The van der Waals surface area contributed by atoms with E-state index in [0.29, 0.717) is 0 Å². The third-order valence-electron chi connectivity index (χ3n) is 3.07. The van der Waals surface area contributed by atoms with E-state index < -0.39 is 0 Å². The van der Waals surface area contributed by atoms with E-state index >= 15 is 0 Å². The molecule has 88 valence electrons. The van der Waals surface area contributed by atoms with E-state index in [1.165, 1.54) is 0 Å². The van der Waals surface area contributed by atoms with Crippen LogP contribution in [0.2, 0.25) is 0 Å². The molecule has 1 aliphatic heterocycles. The van der Waals surface area contributed by atoms with Gasteiger partial charge in [-0.05, 0) is 24.3 Å². The second-order valence-corrected chi connectivity index (χ2v) is 4.26. The Bertz CT molecular complexity index is 501. The van der Waals surface area contributed by atoms with Crippen LogP contribution in [0, 0.1) is 0 Å². The molecule has 0 radical (unpaired) electrons. The Hall–Kier alpha value is -1.61. The summed E-state index contributed by atoms with van der Waals surface area (Å²) >= 11 is 0. The molecule has 1 fully saturated rings. The number of aromatic nitrogens is 1. The fraction of sp³-hybridized carbons (Fsp3) is 0.357. The number of ether oxygens (including phenoxy) is 2. The van der Waals surface area contributed by atoms with Crippen LogP contribution in [0.1, 0.15) is 12.8 Å². The number of hydrogen-bond acceptors (Lipinski definition) is 3. The molecular weight excluding hydrogens is 214 g/mol. The van der Waals surface area contributed by atoms with Crippen LogP contribution in [0.25, 0.3) is 10.9 Å². The molecule has 2 heterocycles. The number of pyridine rings is 1. The number of hydrogen-bond donors (Lipinski definition) is 0. The largest absolute Gasteiger partial charge is 0.490 e. The molecule has 1 aromatic heterocycles. The van der Waals surface area contributed by atoms with Gasteiger partial charge in [0.2, 0.25) is 0 Å². The first-order valence-corrected chi connectivity index (χ1v) is 6.01. The lowest BCUT2D eigenvalue weighted by molar-refractivity contribution is 0.0262. The second kappa shape index (κ2) is 4.72. The highest BCUT2D eigenvalue weighted by Crippen LogP contribution is 2.26. The Morgan fingerprint density at radius 3 is 2.88 bits per heavy atom. The maximum atomic E-state index is 6.05. The minimum Gasteiger partial charge on any atom is -0.490 e. The van der Waals surface area contributed by atoms with Crippen molar-refractivity contribution in [1.29, 1.82) is 0 Å². The van der Waals surface area contributed by atoms with E-state index in [0.717, 1.165) is 42.7 Å². The summed E-state index contributed by atoms with van der Waals surface area (Å²) in [6.07, 6.45) is 4.02. The molecule has 0 N–H and O–H groups in total. The molecule has 0 saturated carbocycles. The van der Waals surface area contributed by atoms with Gasteiger partial charge in [0.1, 0.15) is 11.9 Å². The molecule has 1 saturated heterocycles. The van der Waals surface area contributed by atoms with Gasteiger partial charge in [-0.2, -0.15) is 0 Å². The van der Waals surface area contributed by atoms with Crippen molar-refractivity contribution in [2.75, 3.05) is 13.2 Å². The summed E-state index contributed by atoms with van der Waals surface area (Å²) in [6, 6.07) is 10.0. The van der Waals surface area contributed by atoms with Gasteiger partial charge in [0.25, 0.3) is 0 Å². The normalized spacial score (nSPS) is 17.2. The SMILES string of the molecule is c1cc(OC2CCOCC2)c2cccnc2c1. The summed E-state index contributed by atoms with van der Waals surface area (Å²) in [7, 11) is 0. The minimum absolute atomic E-state index is 0.273. The quantitative estimate of drug-likeness (QED) is 0.793. The average Bonchev–Trinajstić information content (AvgIpc) is 2.40. The molecule has 0 spiro atoms. The van der Waals surface area contributed by atoms with Crippen LogP contribution in [0.5, 0.6) is 5.75 Å². The summed E-state index contributed by atoms with van der Waals surface area (Å²) in [5, 5.41) is 1.08. The Labute approximate surface area is 100 Å². The Morgan fingerprint density at radius 2 is 2.00 bits per heavy atom. The summed E-state index contributed by atoms with van der Waals surface area (Å²) in [5.41, 5.74) is 0.983. The molecular formula is C14H15NO2. The second-order valence-electron chi connectivity index (χ2n) is 4.26. The lowest BCUT2D eigenvalue weighted by atomic mass is 10.1. The van der Waals surface area contributed by atoms with Crippen LogP contribution >= 0.6 is 0 Å². The number of benzene rings is 1. The predicted octanol–water partition coefficient (Wildman–Crippen LogP) is 2.79. The van der Waals surface area contributed by atoms with Crippen molar-refractivity contribution in [2.45, 2.75) is 18.9 Å². The third-order valence-corrected chi connectivity index (χ3v) is 3.07. The van der Waals surface area contributed by atoms with Gasteiger partial charge in [0.05, 0.1) is 18.7 Å². The highest BCUT2D eigenvalue weighted by Gasteiger charge is 2.16. The first-order valence-electron chi connectivity index (χ1n) is 6.01. The number of rotatable bonds is 2. The van der Waals surface area contributed by atoms with E-state index in [1.54, 1.807) is 6.20 Å². The van der Waals surface area contributed by atoms with Crippen molar-refractivity contribution in [3.8, 4) is 5.75 Å². The molecule has 3 rings (SSSR count). The van der Waals surface area contributed by atoms with Crippen LogP contribution in [-0.2, 0) is 4.74 Å². The Kier molecular flexibility index (Phi) is 2.92. The molecule has 3 nitrogen and oxygen atoms in total. The lowest BCUT2D eigenvalue weighted by Gasteiger charge is -2.23. The molecule has 17 heavy (non-hydrogen) atoms. The zero-order chi connectivity index (χ0) is 11.5. The van der Waals surface area contributed by atoms with Crippen molar-refractivity contribution >= 4 is 10.9 Å². The smallest absolute Gasteiger partial charge is 0.129 e. The van der Waals surface area contributed by atoms with Crippen LogP contribution in [0.15, 0.2) is 36.5 Å². The van der Waals surface area contributed by atoms with Gasteiger partial charge in [0.15, 0.2) is 0 Å². The number of nitrogens with zero attached hydrogens (tertiary/aromatic N) is 1. The van der Waals surface area contributed by atoms with Crippen LogP contribution < -0.4 is 4.74 Å². The molecule has 0 aliphatic carbocycles. The van der Waals surface area contributed by atoms with Crippen LogP contribution in [0.4, 0.5) is 0 Å². The van der Waals surface area contributed by atoms with Crippen molar-refractivity contribution in [3.05, 3.63) is 36.5 Å². The topological polar surface area (TPSA) is 31.4 Å². The molecule has 2 aromatic rings. The molecule has 1 aromatic carbocycles. The van der Waals surface area contributed by atoms with Crippen molar-refractivity contribution in [2.24, 2.45) is 0 Å². The first kappa shape index (κ1) is 10.5. The minimum atomic E-state index is 0.273. The summed E-state index contributed by atoms with van der Waals surface area (Å²) in [5.74, 6) is 0.933. The maximum Gasteiger partial charge on any atom is 0.129 e. The fourth-order valence-electron chi connectivity index (χ4n) is 2.15. The summed E-state index contributed by atoms with van der Waals surface area (Å²) in [6.45, 7) is 1.60. The standard InChI is InChI=1S/C14H15NO2/c1-4-13-12(3-2-8-15-13)14(5-1)17-11-6-9-16-10-7-11/h1-5,8,11H,6-7,9-10H2. The lowest BCUT2D eigenvalue weighted by Crippen LogP contribution is -2.25. The zero-order valence-corrected chi connectivity index (χ0v) is 9.63. The van der Waals surface area contributed by atoms with Gasteiger partial charge in [-0.25, -0.2) is 0 Å². The summed E-state index contributed by atoms with van der Waals surface area (Å²) in [4.78, 5) is 4.33. The van der Waals surface area contributed by atoms with E-state index in [2.05, 4.69) is 11.1 Å². The van der Waals surface area contributed by atoms with E-state index in [9.17, 15) is 0 Å². The highest BCUT2D eigenvalue weighted by atomic mass is 16.5. The van der Waals surface area contributed by atoms with Crippen molar-refractivity contribution in [1.82, 2.24) is 4.98 Å². The Morgan fingerprint density at radius 1 is 1.12 bits per heavy atom. The van der Waals surface area contributed by atoms with Gasteiger partial charge >= 0.3 is 0 Å². The third kappa shape index (κ3) is 2.24. The zero-order valence-electron chi connectivity index (χ0n) is 9.63. The van der Waals surface area contributed by atoms with Gasteiger partial charge in [0, 0.05) is 24.4 Å². The summed E-state index contributed by atoms with van der Waals surface area (Å²) < 4.78 is 11.4. The van der Waals surface area contributed by atoms with Crippen molar-refractivity contribution in [3.63, 3.8) is 0 Å². The molecule has 0 atom stereocenters. The van der Waals surface area contributed by atoms with Crippen LogP contribution in [0.3, 0.4) is 0 Å². The highest BCUT2D eigenvalue weighted by molar-refractivity contribution is 5.84. The Balaban J connectivity index is 1.89. The number of fused-ring (bicyclic) bond motifs is 1. The molecule has 0 unspecified atom stereocenters. The van der Waals surface area contributed by atoms with Crippen molar-refractivity contribution < 1.29 is 9.47 Å². The molecule has 3 heteroatoms. The van der Waals surface area contributed by atoms with E-state index in [1.807, 2.05) is 24.3 Å². The molecule has 0 bridgehead atoms. The molecule has 0 amide bonds. The van der Waals surface area contributed by atoms with Gasteiger partial charge < -0.3 is 9.47 Å². The van der Waals surface area contributed by atoms with Gasteiger partial charge in [-0.3, -0.25) is 4.98 Å². The maximum absolute atomic E-state index is 6.05. The van der Waals surface area contributed by atoms with E-state index in [-0.39, 0.29) is 6.10 Å². The first-order chi connectivity index (χ1) is 8.43. The monoisotopic (exact) mass is 229 g/mol. The predicted molar refractivity (Wildman–Crippen MR) is 66.2 cm³/mol. The fourth-order valence-corrected chi connectivity index (χ4v) is 2.15.